The molecule has 2 heterocycles. The van der Waals surface area contributed by atoms with Gasteiger partial charge in [0, 0.05) is 37.4 Å². The SMILES string of the molecule is CCC(=O)N1CCCC(C(=O)N2CCCc3c(N)cccc32)C1. The van der Waals surface area contributed by atoms with Crippen LogP contribution in [0.1, 0.15) is 38.2 Å². The van der Waals surface area contributed by atoms with Crippen molar-refractivity contribution in [3.8, 4) is 0 Å². The predicted molar refractivity (Wildman–Crippen MR) is 91.1 cm³/mol. The van der Waals surface area contributed by atoms with Crippen molar-refractivity contribution in [2.75, 3.05) is 30.3 Å². The van der Waals surface area contributed by atoms with Gasteiger partial charge in [-0.25, -0.2) is 0 Å². The molecule has 0 aromatic heterocycles. The molecule has 1 aromatic rings. The van der Waals surface area contributed by atoms with Crippen LogP contribution in [0.5, 0.6) is 0 Å². The number of rotatable bonds is 2. The molecule has 1 saturated heterocycles. The number of nitrogen functional groups attached to an aromatic ring is 1. The standard InChI is InChI=1S/C18H25N3O2/c1-2-17(22)20-10-4-6-13(12-20)18(23)21-11-5-7-14-15(19)8-3-9-16(14)21/h3,8-9,13H,2,4-7,10-12,19H2,1H3. The van der Waals surface area contributed by atoms with E-state index in [9.17, 15) is 9.59 Å². The van der Waals surface area contributed by atoms with Gasteiger partial charge in [-0.1, -0.05) is 13.0 Å². The number of amides is 2. The minimum Gasteiger partial charge on any atom is -0.398 e. The Morgan fingerprint density at radius 3 is 2.87 bits per heavy atom. The Bertz CT molecular complexity index is 614. The van der Waals surface area contributed by atoms with Gasteiger partial charge >= 0.3 is 0 Å². The molecule has 0 aliphatic carbocycles. The molecule has 0 radical (unpaired) electrons. The highest BCUT2D eigenvalue weighted by Crippen LogP contribution is 2.33. The maximum Gasteiger partial charge on any atom is 0.231 e. The molecule has 2 N–H and O–H groups in total. The lowest BCUT2D eigenvalue weighted by atomic mass is 9.93. The number of nitrogens with zero attached hydrogens (tertiary/aromatic N) is 2. The first-order valence-electron chi connectivity index (χ1n) is 8.58. The van der Waals surface area contributed by atoms with E-state index in [1.54, 1.807) is 0 Å². The summed E-state index contributed by atoms with van der Waals surface area (Å²) in [7, 11) is 0. The highest BCUT2D eigenvalue weighted by atomic mass is 16.2. The highest BCUT2D eigenvalue weighted by Gasteiger charge is 2.33. The molecule has 1 fully saturated rings. The van der Waals surface area contributed by atoms with Crippen molar-refractivity contribution in [3.05, 3.63) is 23.8 Å². The van der Waals surface area contributed by atoms with Crippen molar-refractivity contribution < 1.29 is 9.59 Å². The lowest BCUT2D eigenvalue weighted by Crippen LogP contribution is -2.48. The van der Waals surface area contributed by atoms with E-state index in [0.29, 0.717) is 13.0 Å². The fraction of sp³-hybridized carbons (Fsp3) is 0.556. The van der Waals surface area contributed by atoms with E-state index in [-0.39, 0.29) is 17.7 Å². The number of benzene rings is 1. The molecule has 2 aliphatic heterocycles. The Morgan fingerprint density at radius 2 is 2.09 bits per heavy atom. The monoisotopic (exact) mass is 315 g/mol. The van der Waals surface area contributed by atoms with E-state index in [1.807, 2.05) is 34.9 Å². The fourth-order valence-corrected chi connectivity index (χ4v) is 3.73. The van der Waals surface area contributed by atoms with Crippen molar-refractivity contribution in [1.29, 1.82) is 0 Å². The van der Waals surface area contributed by atoms with Gasteiger partial charge in [0.25, 0.3) is 0 Å². The van der Waals surface area contributed by atoms with Gasteiger partial charge in [0.1, 0.15) is 0 Å². The third-order valence-corrected chi connectivity index (χ3v) is 4.98. The molecular formula is C18H25N3O2. The van der Waals surface area contributed by atoms with Gasteiger partial charge in [-0.05, 0) is 43.4 Å². The van der Waals surface area contributed by atoms with Crippen LogP contribution >= 0.6 is 0 Å². The summed E-state index contributed by atoms with van der Waals surface area (Å²) < 4.78 is 0. The minimum atomic E-state index is -0.0911. The number of hydrogen-bond donors (Lipinski definition) is 1. The summed E-state index contributed by atoms with van der Waals surface area (Å²) >= 11 is 0. The van der Waals surface area contributed by atoms with E-state index in [0.717, 1.165) is 55.7 Å². The molecule has 0 spiro atoms. The topological polar surface area (TPSA) is 66.6 Å². The number of hydrogen-bond acceptors (Lipinski definition) is 3. The third kappa shape index (κ3) is 3.05. The smallest absolute Gasteiger partial charge is 0.231 e. The van der Waals surface area contributed by atoms with Crippen molar-refractivity contribution >= 4 is 23.2 Å². The largest absolute Gasteiger partial charge is 0.398 e. The van der Waals surface area contributed by atoms with Gasteiger partial charge < -0.3 is 15.5 Å². The van der Waals surface area contributed by atoms with Gasteiger partial charge in [-0.2, -0.15) is 0 Å². The average Bonchev–Trinajstić information content (AvgIpc) is 2.60. The van der Waals surface area contributed by atoms with E-state index in [1.165, 1.54) is 0 Å². The molecular weight excluding hydrogens is 290 g/mol. The zero-order valence-electron chi connectivity index (χ0n) is 13.8. The molecule has 1 unspecified atom stereocenters. The zero-order valence-corrected chi connectivity index (χ0v) is 13.8. The second-order valence-electron chi connectivity index (χ2n) is 6.47. The molecule has 2 aliphatic rings. The Morgan fingerprint density at radius 1 is 1.26 bits per heavy atom. The molecule has 3 rings (SSSR count). The Labute approximate surface area is 137 Å². The van der Waals surface area contributed by atoms with Crippen LogP contribution in [0.3, 0.4) is 0 Å². The molecule has 124 valence electrons. The predicted octanol–water partition coefficient (Wildman–Crippen LogP) is 2.20. The number of piperidine rings is 1. The second-order valence-corrected chi connectivity index (χ2v) is 6.47. The minimum absolute atomic E-state index is 0.0911. The summed E-state index contributed by atoms with van der Waals surface area (Å²) in [5, 5.41) is 0. The summed E-state index contributed by atoms with van der Waals surface area (Å²) in [5.41, 5.74) is 8.89. The number of carbonyl (C=O) groups is 2. The Hall–Kier alpha value is -2.04. The van der Waals surface area contributed by atoms with E-state index >= 15 is 0 Å². The first-order valence-corrected chi connectivity index (χ1v) is 8.58. The summed E-state index contributed by atoms with van der Waals surface area (Å²) in [6.07, 6.45) is 4.14. The quantitative estimate of drug-likeness (QED) is 0.851. The summed E-state index contributed by atoms with van der Waals surface area (Å²) in [6.45, 7) is 3.95. The molecule has 0 bridgehead atoms. The van der Waals surface area contributed by atoms with Crippen LogP contribution in [0.25, 0.3) is 0 Å². The van der Waals surface area contributed by atoms with Crippen LogP contribution < -0.4 is 10.6 Å². The summed E-state index contributed by atoms with van der Waals surface area (Å²) in [4.78, 5) is 28.7. The third-order valence-electron chi connectivity index (χ3n) is 4.98. The number of anilines is 2. The van der Waals surface area contributed by atoms with Gasteiger partial charge in [0.15, 0.2) is 0 Å². The maximum atomic E-state index is 13.0. The van der Waals surface area contributed by atoms with Crippen LogP contribution in [0.15, 0.2) is 18.2 Å². The zero-order chi connectivity index (χ0) is 16.4. The fourth-order valence-electron chi connectivity index (χ4n) is 3.73. The molecule has 0 saturated carbocycles. The van der Waals surface area contributed by atoms with Crippen molar-refractivity contribution in [1.82, 2.24) is 4.90 Å². The molecule has 5 heteroatoms. The Balaban J connectivity index is 1.79. The summed E-state index contributed by atoms with van der Waals surface area (Å²) in [6, 6.07) is 5.79. The van der Waals surface area contributed by atoms with Crippen molar-refractivity contribution in [2.24, 2.45) is 5.92 Å². The Kier molecular flexibility index (Phi) is 4.55. The molecule has 5 nitrogen and oxygen atoms in total. The maximum absolute atomic E-state index is 13.0. The highest BCUT2D eigenvalue weighted by molar-refractivity contribution is 5.97. The van der Waals surface area contributed by atoms with Crippen LogP contribution in [-0.4, -0.2) is 36.3 Å². The normalized spacial score (nSPS) is 21.0. The van der Waals surface area contributed by atoms with Crippen LogP contribution in [0.2, 0.25) is 0 Å². The summed E-state index contributed by atoms with van der Waals surface area (Å²) in [5.74, 6) is 0.197. The second kappa shape index (κ2) is 6.60. The van der Waals surface area contributed by atoms with E-state index in [4.69, 9.17) is 5.73 Å². The van der Waals surface area contributed by atoms with Gasteiger partial charge in [0.2, 0.25) is 11.8 Å². The lowest BCUT2D eigenvalue weighted by molar-refractivity contribution is -0.134. The molecule has 1 aromatic carbocycles. The number of nitrogens with two attached hydrogens (primary N) is 1. The number of likely N-dealkylation sites (tertiary alicyclic amines) is 1. The first kappa shape index (κ1) is 15.8. The van der Waals surface area contributed by atoms with Crippen molar-refractivity contribution in [3.63, 3.8) is 0 Å². The van der Waals surface area contributed by atoms with Gasteiger partial charge in [-0.3, -0.25) is 9.59 Å². The van der Waals surface area contributed by atoms with Gasteiger partial charge in [0.05, 0.1) is 5.92 Å². The van der Waals surface area contributed by atoms with Crippen LogP contribution in [0, 0.1) is 5.92 Å². The van der Waals surface area contributed by atoms with Crippen molar-refractivity contribution in [2.45, 2.75) is 39.0 Å². The lowest BCUT2D eigenvalue weighted by Gasteiger charge is -2.37. The molecule has 1 atom stereocenters. The van der Waals surface area contributed by atoms with E-state index < -0.39 is 0 Å². The molecule has 23 heavy (non-hydrogen) atoms. The van der Waals surface area contributed by atoms with E-state index in [2.05, 4.69) is 0 Å². The van der Waals surface area contributed by atoms with Crippen LogP contribution in [0.4, 0.5) is 11.4 Å². The molecule has 2 amide bonds. The number of carbonyl (C=O) groups excluding carboxylic acids is 2. The average molecular weight is 315 g/mol. The van der Waals surface area contributed by atoms with Gasteiger partial charge in [-0.15, -0.1) is 0 Å². The van der Waals surface area contributed by atoms with Crippen LogP contribution in [-0.2, 0) is 16.0 Å². The number of fused-ring (bicyclic) bond motifs is 1. The first-order chi connectivity index (χ1) is 11.1.